The maximum Gasteiger partial charge on any atom is 0.238 e. The van der Waals surface area contributed by atoms with Crippen molar-refractivity contribution in [3.63, 3.8) is 0 Å². The van der Waals surface area contributed by atoms with Crippen LogP contribution in [0.2, 0.25) is 5.02 Å². The van der Waals surface area contributed by atoms with Gasteiger partial charge in [-0.2, -0.15) is 0 Å². The molecule has 3 aliphatic heterocycles. The van der Waals surface area contributed by atoms with Gasteiger partial charge in [-0.05, 0) is 66.9 Å². The molecule has 198 valence electrons. The van der Waals surface area contributed by atoms with E-state index in [1.165, 1.54) is 12.1 Å². The number of carbonyl (C=O) groups excluding carboxylic acids is 2. The van der Waals surface area contributed by atoms with Crippen molar-refractivity contribution in [3.05, 3.63) is 88.2 Å². The second-order valence-corrected chi connectivity index (χ2v) is 11.2. The van der Waals surface area contributed by atoms with Gasteiger partial charge in [-0.25, -0.2) is 4.39 Å². The van der Waals surface area contributed by atoms with Crippen LogP contribution < -0.4 is 20.8 Å². The van der Waals surface area contributed by atoms with Gasteiger partial charge in [0.2, 0.25) is 11.8 Å². The summed E-state index contributed by atoms with van der Waals surface area (Å²) >= 11 is 6.30. The highest BCUT2D eigenvalue weighted by Gasteiger charge is 2.61. The summed E-state index contributed by atoms with van der Waals surface area (Å²) in [5.74, 6) is -1.05. The number of anilines is 1. The lowest BCUT2D eigenvalue weighted by molar-refractivity contribution is -0.131. The molecule has 2 amide bonds. The topological polar surface area (TPSA) is 70.7 Å². The number of hydrogen-bond acceptors (Lipinski definition) is 4. The monoisotopic (exact) mass is 543 g/mol. The average Bonchev–Trinajstić information content (AvgIpc) is 3.18. The Bertz CT molecular complexity index is 1460. The lowest BCUT2D eigenvalue weighted by atomic mass is 9.59. The molecule has 0 bridgehead atoms. The van der Waals surface area contributed by atoms with Crippen LogP contribution >= 0.6 is 11.6 Å². The van der Waals surface area contributed by atoms with Crippen molar-refractivity contribution in [3.8, 4) is 5.75 Å². The van der Waals surface area contributed by atoms with Gasteiger partial charge in [-0.3, -0.25) is 9.59 Å². The first kappa shape index (κ1) is 25.9. The molecule has 39 heavy (non-hydrogen) atoms. The van der Waals surface area contributed by atoms with E-state index in [0.717, 1.165) is 25.9 Å². The molecular weight excluding hydrogens is 516 g/mol. The maximum atomic E-state index is 14.5. The van der Waals surface area contributed by atoms with Gasteiger partial charge in [0.25, 0.3) is 0 Å². The first-order valence-electron chi connectivity index (χ1n) is 13.2. The Morgan fingerprint density at radius 1 is 1.08 bits per heavy atom. The van der Waals surface area contributed by atoms with Crippen LogP contribution in [0, 0.1) is 5.82 Å². The summed E-state index contributed by atoms with van der Waals surface area (Å²) < 4.78 is 21.1. The van der Waals surface area contributed by atoms with Crippen LogP contribution in [-0.4, -0.2) is 50.8 Å². The van der Waals surface area contributed by atoms with Crippen LogP contribution in [0.5, 0.6) is 5.75 Å². The van der Waals surface area contributed by atoms with Crippen LogP contribution in [0.1, 0.15) is 47.9 Å². The Morgan fingerprint density at radius 2 is 1.87 bits per heavy atom. The minimum atomic E-state index is -1.31. The highest BCUT2D eigenvalue weighted by Crippen LogP contribution is 2.58. The standard InChI is InChI=1S/C30H28BClFN3O3/c1-36-11-9-21(10-12-36)39-26-8-5-18(31)14-22(26)24-16-27(37)35-28(17-3-2-4-20(33)13-17)30(24)23-7-6-19(32)15-25(23)34-29(30)38/h2-8,13-15,21,24,28H,9-12,16H2,1H3,(H,34,38)(H,35,37)/t24-,28+,30-/m1/s1. The first-order valence-corrected chi connectivity index (χ1v) is 13.5. The number of amides is 2. The van der Waals surface area contributed by atoms with Crippen molar-refractivity contribution in [2.24, 2.45) is 0 Å². The van der Waals surface area contributed by atoms with Crippen LogP contribution in [-0.2, 0) is 15.0 Å². The molecule has 2 radical (unpaired) electrons. The Morgan fingerprint density at radius 3 is 2.64 bits per heavy atom. The lowest BCUT2D eigenvalue weighted by Gasteiger charge is -2.47. The molecule has 1 spiro atoms. The third-order valence-electron chi connectivity index (χ3n) is 8.30. The predicted molar refractivity (Wildman–Crippen MR) is 149 cm³/mol. The summed E-state index contributed by atoms with van der Waals surface area (Å²) in [5.41, 5.74) is 1.62. The zero-order valence-electron chi connectivity index (χ0n) is 21.5. The second kappa shape index (κ2) is 9.99. The van der Waals surface area contributed by atoms with Gasteiger partial charge >= 0.3 is 0 Å². The second-order valence-electron chi connectivity index (χ2n) is 10.7. The molecule has 2 N–H and O–H groups in total. The molecule has 0 aliphatic carbocycles. The number of likely N-dealkylation sites (tertiary alicyclic amines) is 1. The van der Waals surface area contributed by atoms with E-state index in [-0.39, 0.29) is 24.3 Å². The Hall–Kier alpha value is -3.36. The van der Waals surface area contributed by atoms with Crippen molar-refractivity contribution in [2.75, 3.05) is 25.5 Å². The first-order chi connectivity index (χ1) is 18.8. The average molecular weight is 544 g/mol. The predicted octanol–water partition coefficient (Wildman–Crippen LogP) is 3.98. The minimum absolute atomic E-state index is 0.000504. The Balaban J connectivity index is 1.55. The van der Waals surface area contributed by atoms with E-state index in [0.29, 0.717) is 38.6 Å². The van der Waals surface area contributed by atoms with Gasteiger partial charge in [-0.15, -0.1) is 0 Å². The number of hydrogen-bond donors (Lipinski definition) is 2. The molecule has 3 aliphatic rings. The smallest absolute Gasteiger partial charge is 0.238 e. The van der Waals surface area contributed by atoms with Crippen molar-refractivity contribution >= 4 is 42.4 Å². The Labute approximate surface area is 233 Å². The molecule has 9 heteroatoms. The van der Waals surface area contributed by atoms with E-state index < -0.39 is 23.2 Å². The zero-order valence-corrected chi connectivity index (χ0v) is 22.3. The van der Waals surface area contributed by atoms with Gasteiger partial charge in [0.1, 0.15) is 30.9 Å². The quantitative estimate of drug-likeness (QED) is 0.489. The van der Waals surface area contributed by atoms with Crippen LogP contribution in [0.3, 0.4) is 0 Å². The number of fused-ring (bicyclic) bond motifs is 2. The third-order valence-corrected chi connectivity index (χ3v) is 8.54. The van der Waals surface area contributed by atoms with E-state index in [4.69, 9.17) is 24.2 Å². The largest absolute Gasteiger partial charge is 0.490 e. The summed E-state index contributed by atoms with van der Waals surface area (Å²) in [7, 11) is 8.38. The minimum Gasteiger partial charge on any atom is -0.490 e. The SMILES string of the molecule is [B]c1ccc(OC2CCN(C)CC2)c([C@H]2CC(=O)N[C@@H](c3cccc(F)c3)[C@]23C(=O)Nc2cc(Cl)ccc23)c1. The fourth-order valence-corrected chi connectivity index (χ4v) is 6.63. The number of benzene rings is 3. The molecule has 6 nitrogen and oxygen atoms in total. The van der Waals surface area contributed by atoms with Crippen molar-refractivity contribution < 1.29 is 18.7 Å². The van der Waals surface area contributed by atoms with Gasteiger partial charge in [0.05, 0.1) is 6.04 Å². The van der Waals surface area contributed by atoms with E-state index >= 15 is 0 Å². The summed E-state index contributed by atoms with van der Waals surface area (Å²) in [6.07, 6.45) is 1.75. The number of piperidine rings is 2. The number of nitrogens with zero attached hydrogens (tertiary/aromatic N) is 1. The fourth-order valence-electron chi connectivity index (χ4n) is 6.46. The number of ether oxygens (including phenoxy) is 1. The fraction of sp³-hybridized carbons (Fsp3) is 0.333. The molecule has 3 atom stereocenters. The van der Waals surface area contributed by atoms with Gasteiger partial charge in [-0.1, -0.05) is 47.4 Å². The van der Waals surface area contributed by atoms with Crippen LogP contribution in [0.4, 0.5) is 10.1 Å². The molecule has 6 rings (SSSR count). The highest BCUT2D eigenvalue weighted by molar-refractivity contribution is 6.32. The zero-order chi connectivity index (χ0) is 27.3. The van der Waals surface area contributed by atoms with Gasteiger partial charge in [0.15, 0.2) is 0 Å². The van der Waals surface area contributed by atoms with Gasteiger partial charge in [0, 0.05) is 36.1 Å². The summed E-state index contributed by atoms with van der Waals surface area (Å²) in [6.45, 7) is 1.84. The molecule has 3 heterocycles. The van der Waals surface area contributed by atoms with Crippen LogP contribution in [0.25, 0.3) is 0 Å². The van der Waals surface area contributed by atoms with E-state index in [2.05, 4.69) is 22.6 Å². The lowest BCUT2D eigenvalue weighted by Crippen LogP contribution is -2.57. The summed E-state index contributed by atoms with van der Waals surface area (Å²) in [6, 6.07) is 15.8. The maximum absolute atomic E-state index is 14.5. The molecular formula is C30H28BClFN3O3. The van der Waals surface area contributed by atoms with E-state index in [9.17, 15) is 14.0 Å². The normalized spacial score (nSPS) is 25.3. The number of halogens is 2. The number of nitrogens with one attached hydrogen (secondary N) is 2. The molecule has 0 saturated carbocycles. The molecule has 3 aromatic carbocycles. The van der Waals surface area contributed by atoms with Crippen molar-refractivity contribution in [1.82, 2.24) is 10.2 Å². The van der Waals surface area contributed by atoms with Gasteiger partial charge < -0.3 is 20.3 Å². The molecule has 0 unspecified atom stereocenters. The summed E-state index contributed by atoms with van der Waals surface area (Å²) in [5, 5.41) is 6.50. The van der Waals surface area contributed by atoms with Crippen molar-refractivity contribution in [2.45, 2.75) is 42.7 Å². The van der Waals surface area contributed by atoms with E-state index in [1.54, 1.807) is 36.4 Å². The third kappa shape index (κ3) is 4.49. The molecule has 2 saturated heterocycles. The van der Waals surface area contributed by atoms with Crippen LogP contribution in [0.15, 0.2) is 60.7 Å². The molecule has 3 aromatic rings. The number of rotatable bonds is 4. The van der Waals surface area contributed by atoms with E-state index in [1.807, 2.05) is 12.1 Å². The summed E-state index contributed by atoms with van der Waals surface area (Å²) in [4.78, 5) is 29.8. The molecule has 2 fully saturated rings. The van der Waals surface area contributed by atoms with Crippen molar-refractivity contribution in [1.29, 1.82) is 0 Å². The number of carbonyl (C=O) groups is 2. The molecule has 0 aromatic heterocycles. The highest BCUT2D eigenvalue weighted by atomic mass is 35.5. The Kier molecular flexibility index (Phi) is 6.64.